The van der Waals surface area contributed by atoms with E-state index in [9.17, 15) is 24.6 Å². The number of likely N-dealkylation sites (N-methyl/N-ethyl adjacent to an activating group) is 1. The fraction of sp³-hybridized carbons (Fsp3) is 0.370. The Morgan fingerprint density at radius 2 is 1.97 bits per heavy atom. The number of ketones is 2. The average molecular weight is 521 g/mol. The first-order chi connectivity index (χ1) is 18.2. The molecular weight excluding hydrogens is 492 g/mol. The quantitative estimate of drug-likeness (QED) is 0.376. The molecule has 38 heavy (non-hydrogen) atoms. The molecule has 198 valence electrons. The van der Waals surface area contributed by atoms with Crippen molar-refractivity contribution in [3.05, 3.63) is 64.5 Å². The van der Waals surface area contributed by atoms with Gasteiger partial charge in [0.1, 0.15) is 22.8 Å². The first-order valence-electron chi connectivity index (χ1n) is 12.1. The third kappa shape index (κ3) is 3.86. The smallest absolute Gasteiger partial charge is 0.255 e. The number of phenolic OH excluding ortho intramolecular Hbond substituents is 1. The minimum Gasteiger partial charge on any atom is -0.510 e. The van der Waals surface area contributed by atoms with Crippen LogP contribution in [0.25, 0.3) is 11.3 Å². The van der Waals surface area contributed by atoms with Crippen LogP contribution in [-0.2, 0) is 25.5 Å². The number of benzene rings is 1. The molecule has 0 saturated heterocycles. The highest BCUT2D eigenvalue weighted by Gasteiger charge is 2.55. The van der Waals surface area contributed by atoms with Gasteiger partial charge >= 0.3 is 0 Å². The number of Topliss-reactive ketones (excluding diaryl/α,β-unsaturated/α-hetero) is 2. The molecule has 3 aliphatic carbocycles. The molecule has 11 heteroatoms. The number of carbonyl (C=O) groups excluding carboxylic acids is 3. The highest BCUT2D eigenvalue weighted by Crippen LogP contribution is 2.52. The Morgan fingerprint density at radius 1 is 1.21 bits per heavy atom. The van der Waals surface area contributed by atoms with Crippen molar-refractivity contribution in [3.63, 3.8) is 0 Å². The van der Waals surface area contributed by atoms with Crippen LogP contribution in [-0.4, -0.2) is 76.6 Å². The lowest BCUT2D eigenvalue weighted by Gasteiger charge is -2.47. The lowest BCUT2D eigenvalue weighted by atomic mass is 9.60. The van der Waals surface area contributed by atoms with Crippen molar-refractivity contribution in [2.75, 3.05) is 28.0 Å². The van der Waals surface area contributed by atoms with Gasteiger partial charge in [0, 0.05) is 30.6 Å². The van der Waals surface area contributed by atoms with Crippen molar-refractivity contribution in [2.24, 2.45) is 23.5 Å². The number of amides is 1. The number of carbonyl (C=O) groups is 3. The molecule has 1 aromatic heterocycles. The Kier molecular flexibility index (Phi) is 6.49. The molecular formula is C27H28N4O7. The van der Waals surface area contributed by atoms with Gasteiger partial charge in [0.15, 0.2) is 18.4 Å². The normalized spacial score (nSPS) is 24.7. The number of ether oxygens (including phenoxy) is 2. The van der Waals surface area contributed by atoms with E-state index < -0.39 is 46.8 Å². The molecule has 5 rings (SSSR count). The number of nitrogens with two attached hydrogens (primary N) is 1. The summed E-state index contributed by atoms with van der Waals surface area (Å²) in [7, 11) is 4.87. The van der Waals surface area contributed by atoms with Crippen LogP contribution < -0.4 is 5.73 Å². The number of aliphatic hydroxyl groups excluding tert-OH is 1. The zero-order valence-electron chi connectivity index (χ0n) is 21.2. The lowest BCUT2D eigenvalue weighted by molar-refractivity contribution is -0.129. The molecule has 4 atom stereocenters. The first-order valence-corrected chi connectivity index (χ1v) is 12.1. The molecule has 1 aromatic carbocycles. The Hall–Kier alpha value is -4.09. The largest absolute Gasteiger partial charge is 0.510 e. The predicted octanol–water partition coefficient (Wildman–Crippen LogP) is 1.53. The molecule has 0 spiro atoms. The van der Waals surface area contributed by atoms with Crippen LogP contribution in [0, 0.1) is 17.8 Å². The third-order valence-corrected chi connectivity index (χ3v) is 7.60. The summed E-state index contributed by atoms with van der Waals surface area (Å²) in [6, 6.07) is 2.42. The van der Waals surface area contributed by atoms with Crippen LogP contribution in [0.5, 0.6) is 5.75 Å². The topological polar surface area (TPSA) is 165 Å². The third-order valence-electron chi connectivity index (χ3n) is 7.60. The average Bonchev–Trinajstić information content (AvgIpc) is 2.87. The van der Waals surface area contributed by atoms with Gasteiger partial charge in [-0.1, -0.05) is 0 Å². The van der Waals surface area contributed by atoms with E-state index in [-0.39, 0.29) is 35.2 Å². The number of nitrogens with zero attached hydrogens (tertiary/aromatic N) is 3. The number of rotatable bonds is 6. The van der Waals surface area contributed by atoms with Gasteiger partial charge in [0.25, 0.3) is 5.91 Å². The Labute approximate surface area is 218 Å². The molecule has 0 saturated carbocycles. The second-order valence-corrected chi connectivity index (χ2v) is 9.91. The molecule has 4 N–H and O–H groups in total. The molecule has 2 aromatic rings. The van der Waals surface area contributed by atoms with Gasteiger partial charge in [-0.25, -0.2) is 0 Å². The van der Waals surface area contributed by atoms with E-state index in [1.54, 1.807) is 43.7 Å². The highest BCUT2D eigenvalue weighted by molar-refractivity contribution is 6.22. The molecule has 11 nitrogen and oxygen atoms in total. The van der Waals surface area contributed by atoms with Crippen LogP contribution in [0.2, 0.25) is 0 Å². The highest BCUT2D eigenvalue weighted by atomic mass is 16.7. The van der Waals surface area contributed by atoms with Crippen molar-refractivity contribution >= 4 is 17.5 Å². The minimum absolute atomic E-state index is 0.0798. The van der Waals surface area contributed by atoms with Crippen molar-refractivity contribution in [3.8, 4) is 17.0 Å². The number of hydrogen-bond donors (Lipinski definition) is 3. The van der Waals surface area contributed by atoms with E-state index in [1.165, 1.54) is 13.2 Å². The summed E-state index contributed by atoms with van der Waals surface area (Å²) in [4.78, 5) is 50.1. The first kappa shape index (κ1) is 25.6. The number of primary amides is 1. The summed E-state index contributed by atoms with van der Waals surface area (Å²) in [5.41, 5.74) is 7.20. The summed E-state index contributed by atoms with van der Waals surface area (Å²) in [6.45, 7) is -0.248. The zero-order valence-corrected chi connectivity index (χ0v) is 21.2. The number of hydrogen-bond acceptors (Lipinski definition) is 10. The second-order valence-electron chi connectivity index (χ2n) is 9.91. The molecule has 0 bridgehead atoms. The van der Waals surface area contributed by atoms with E-state index in [0.29, 0.717) is 29.7 Å². The molecule has 4 unspecified atom stereocenters. The predicted molar refractivity (Wildman–Crippen MR) is 134 cm³/mol. The standard InChI is InChI=1S/C27H28N4O7/c1-31(2)22-15-9-12-8-14-13(16-10-29-6-7-30-16)4-5-17(32)19(14)23(33)18(12)26(38-11-37-3)20(15)24(34)21(25(22)35)27(28)36/h4-7,10,12,15,20,22,32,35H,8-9,11H2,1-3H3,(H2,28,36). The van der Waals surface area contributed by atoms with Gasteiger partial charge in [0.2, 0.25) is 0 Å². The SMILES string of the molecule is COCOC1=C2C(=O)c3c(O)ccc(-c4cnccn4)c3CC2CC2C1C(=O)C(C(N)=O)=C(O)C2N(C)C. The monoisotopic (exact) mass is 520 g/mol. The van der Waals surface area contributed by atoms with Gasteiger partial charge in [-0.2, -0.15) is 0 Å². The molecule has 1 amide bonds. The van der Waals surface area contributed by atoms with Crippen LogP contribution in [0.4, 0.5) is 0 Å². The fourth-order valence-electron chi connectivity index (χ4n) is 6.21. The minimum atomic E-state index is -1.05. The zero-order chi connectivity index (χ0) is 27.3. The molecule has 3 aliphatic rings. The van der Waals surface area contributed by atoms with Gasteiger partial charge in [-0.3, -0.25) is 29.3 Å². The summed E-state index contributed by atoms with van der Waals surface area (Å²) in [6.07, 6.45) is 5.37. The molecule has 1 heterocycles. The number of aromatic hydroxyl groups is 1. The fourth-order valence-corrected chi connectivity index (χ4v) is 6.21. The van der Waals surface area contributed by atoms with Gasteiger partial charge in [-0.15, -0.1) is 0 Å². The maximum Gasteiger partial charge on any atom is 0.255 e. The van der Waals surface area contributed by atoms with Crippen LogP contribution in [0.3, 0.4) is 0 Å². The van der Waals surface area contributed by atoms with E-state index in [4.69, 9.17) is 15.2 Å². The Balaban J connectivity index is 1.73. The maximum absolute atomic E-state index is 14.1. The molecule has 0 radical (unpaired) electrons. The van der Waals surface area contributed by atoms with E-state index in [0.717, 1.165) is 0 Å². The summed E-state index contributed by atoms with van der Waals surface area (Å²) in [5.74, 6) is -4.70. The number of fused-ring (bicyclic) bond motifs is 3. The Bertz CT molecular complexity index is 1400. The number of allylic oxidation sites excluding steroid dienone is 2. The van der Waals surface area contributed by atoms with Crippen molar-refractivity contribution in [1.29, 1.82) is 0 Å². The van der Waals surface area contributed by atoms with E-state index >= 15 is 0 Å². The lowest BCUT2D eigenvalue weighted by Crippen LogP contribution is -2.53. The maximum atomic E-state index is 14.1. The van der Waals surface area contributed by atoms with Crippen molar-refractivity contribution in [1.82, 2.24) is 14.9 Å². The number of methoxy groups -OCH3 is 1. The molecule has 0 fully saturated rings. The van der Waals surface area contributed by atoms with Crippen LogP contribution in [0.1, 0.15) is 22.3 Å². The van der Waals surface area contributed by atoms with Crippen LogP contribution >= 0.6 is 0 Å². The van der Waals surface area contributed by atoms with E-state index in [2.05, 4.69) is 9.97 Å². The summed E-state index contributed by atoms with van der Waals surface area (Å²) < 4.78 is 11.0. The number of phenols is 1. The second kappa shape index (κ2) is 9.66. The van der Waals surface area contributed by atoms with Crippen LogP contribution in [0.15, 0.2) is 53.4 Å². The van der Waals surface area contributed by atoms with Gasteiger partial charge in [-0.05, 0) is 56.5 Å². The Morgan fingerprint density at radius 3 is 2.61 bits per heavy atom. The van der Waals surface area contributed by atoms with Crippen molar-refractivity contribution < 1.29 is 34.1 Å². The van der Waals surface area contributed by atoms with E-state index in [1.807, 2.05) is 0 Å². The number of aliphatic hydroxyl groups is 1. The summed E-state index contributed by atoms with van der Waals surface area (Å²) >= 11 is 0. The van der Waals surface area contributed by atoms with Gasteiger partial charge < -0.3 is 25.4 Å². The van der Waals surface area contributed by atoms with Gasteiger partial charge in [0.05, 0.1) is 29.4 Å². The summed E-state index contributed by atoms with van der Waals surface area (Å²) in [5, 5.41) is 21.8. The molecule has 0 aliphatic heterocycles. The number of aromatic nitrogens is 2. The van der Waals surface area contributed by atoms with Crippen molar-refractivity contribution in [2.45, 2.75) is 18.9 Å².